The van der Waals surface area contributed by atoms with E-state index in [9.17, 15) is 0 Å². The zero-order valence-electron chi connectivity index (χ0n) is 13.1. The summed E-state index contributed by atoms with van der Waals surface area (Å²) in [6.07, 6.45) is 2.95. The average molecular weight is 306 g/mol. The van der Waals surface area contributed by atoms with Gasteiger partial charge in [-0.1, -0.05) is 35.5 Å². The van der Waals surface area contributed by atoms with Crippen LogP contribution in [-0.4, -0.2) is 26.6 Å². The summed E-state index contributed by atoms with van der Waals surface area (Å²) < 4.78 is 5.15. The maximum atomic E-state index is 5.15. The Hall–Kier alpha value is -2.53. The van der Waals surface area contributed by atoms with E-state index in [0.29, 0.717) is 0 Å². The van der Waals surface area contributed by atoms with E-state index in [4.69, 9.17) is 9.51 Å². The Morgan fingerprint density at radius 2 is 2.09 bits per heavy atom. The number of fused-ring (bicyclic) bond motifs is 1. The van der Waals surface area contributed by atoms with Gasteiger partial charge in [-0.3, -0.25) is 4.90 Å². The van der Waals surface area contributed by atoms with Gasteiger partial charge in [0, 0.05) is 37.5 Å². The first-order valence-electron chi connectivity index (χ1n) is 7.83. The van der Waals surface area contributed by atoms with Crippen molar-refractivity contribution in [3.05, 3.63) is 65.3 Å². The van der Waals surface area contributed by atoms with Crippen LogP contribution in [0.25, 0.3) is 11.4 Å². The van der Waals surface area contributed by atoms with Gasteiger partial charge in [-0.05, 0) is 18.9 Å². The molecule has 0 radical (unpaired) electrons. The second kappa shape index (κ2) is 5.93. The number of aromatic nitrogens is 3. The Balaban J connectivity index is 1.56. The van der Waals surface area contributed by atoms with E-state index < -0.39 is 0 Å². The van der Waals surface area contributed by atoms with Crippen molar-refractivity contribution in [2.75, 3.05) is 6.54 Å². The third-order valence-corrected chi connectivity index (χ3v) is 4.12. The predicted octanol–water partition coefficient (Wildman–Crippen LogP) is 3.00. The normalized spacial score (nSPS) is 14.7. The van der Waals surface area contributed by atoms with Crippen molar-refractivity contribution < 1.29 is 4.52 Å². The summed E-state index contributed by atoms with van der Waals surface area (Å²) in [5.74, 6) is 1.65. The summed E-state index contributed by atoms with van der Waals surface area (Å²) in [4.78, 5) is 11.7. The fourth-order valence-corrected chi connectivity index (χ4v) is 2.94. The van der Waals surface area contributed by atoms with Crippen molar-refractivity contribution in [2.24, 2.45) is 0 Å². The zero-order valence-corrected chi connectivity index (χ0v) is 13.1. The molecule has 0 saturated carbocycles. The van der Waals surface area contributed by atoms with E-state index in [1.54, 1.807) is 0 Å². The Kier molecular flexibility index (Phi) is 3.63. The molecule has 0 unspecified atom stereocenters. The molecular formula is C18H18N4O. The van der Waals surface area contributed by atoms with Gasteiger partial charge in [0.2, 0.25) is 0 Å². The first kappa shape index (κ1) is 14.1. The predicted molar refractivity (Wildman–Crippen MR) is 86.5 cm³/mol. The Morgan fingerprint density at radius 1 is 1.22 bits per heavy atom. The molecule has 4 rings (SSSR count). The molecule has 116 valence electrons. The van der Waals surface area contributed by atoms with Crippen molar-refractivity contribution in [1.82, 2.24) is 20.0 Å². The van der Waals surface area contributed by atoms with Crippen molar-refractivity contribution in [3.8, 4) is 11.4 Å². The molecule has 0 atom stereocenters. The lowest BCUT2D eigenvalue weighted by Gasteiger charge is -2.27. The largest absolute Gasteiger partial charge is 0.361 e. The number of hydrogen-bond donors (Lipinski definition) is 0. The van der Waals surface area contributed by atoms with Gasteiger partial charge < -0.3 is 4.52 Å². The number of hydrogen-bond acceptors (Lipinski definition) is 5. The molecule has 0 bridgehead atoms. The highest BCUT2D eigenvalue weighted by molar-refractivity contribution is 5.54. The van der Waals surface area contributed by atoms with Gasteiger partial charge in [-0.2, -0.15) is 0 Å². The minimum atomic E-state index is 0.793. The molecule has 3 heterocycles. The van der Waals surface area contributed by atoms with E-state index in [1.807, 2.05) is 49.5 Å². The summed E-state index contributed by atoms with van der Waals surface area (Å²) >= 11 is 0. The molecule has 0 aliphatic carbocycles. The fourth-order valence-electron chi connectivity index (χ4n) is 2.94. The molecule has 0 amide bonds. The van der Waals surface area contributed by atoms with Crippen LogP contribution >= 0.6 is 0 Å². The first-order valence-corrected chi connectivity index (χ1v) is 7.83. The molecule has 0 N–H and O–H groups in total. The van der Waals surface area contributed by atoms with Crippen LogP contribution in [0, 0.1) is 6.92 Å². The van der Waals surface area contributed by atoms with Gasteiger partial charge in [0.15, 0.2) is 5.82 Å². The molecule has 1 aromatic carbocycles. The van der Waals surface area contributed by atoms with E-state index in [2.05, 4.69) is 15.0 Å². The van der Waals surface area contributed by atoms with E-state index in [0.717, 1.165) is 54.6 Å². The Bertz CT molecular complexity index is 813. The fraction of sp³-hybridized carbons (Fsp3) is 0.278. The quantitative estimate of drug-likeness (QED) is 0.744. The van der Waals surface area contributed by atoms with Crippen LogP contribution in [0.2, 0.25) is 0 Å². The lowest BCUT2D eigenvalue weighted by atomic mass is 10.1. The van der Waals surface area contributed by atoms with Crippen LogP contribution in [0.15, 0.2) is 47.1 Å². The van der Waals surface area contributed by atoms with E-state index in [1.165, 1.54) is 5.56 Å². The highest BCUT2D eigenvalue weighted by Crippen LogP contribution is 2.22. The number of aryl methyl sites for hydroxylation is 1. The molecule has 3 aromatic rings. The minimum absolute atomic E-state index is 0.793. The van der Waals surface area contributed by atoms with Crippen molar-refractivity contribution in [1.29, 1.82) is 0 Å². The van der Waals surface area contributed by atoms with Gasteiger partial charge >= 0.3 is 0 Å². The molecule has 1 aliphatic rings. The first-order chi connectivity index (χ1) is 11.3. The maximum absolute atomic E-state index is 5.15. The molecule has 1 aliphatic heterocycles. The van der Waals surface area contributed by atoms with Gasteiger partial charge in [0.1, 0.15) is 5.76 Å². The second-order valence-electron chi connectivity index (χ2n) is 5.92. The van der Waals surface area contributed by atoms with Gasteiger partial charge in [0.05, 0.1) is 11.4 Å². The SMILES string of the molecule is Cc1cc(CN2CCc3cnc(-c4ccccc4)nc3C2)no1. The van der Waals surface area contributed by atoms with Crippen molar-refractivity contribution in [2.45, 2.75) is 26.4 Å². The maximum Gasteiger partial charge on any atom is 0.159 e. The summed E-state index contributed by atoms with van der Waals surface area (Å²) in [5.41, 5.74) is 4.39. The van der Waals surface area contributed by atoms with E-state index in [-0.39, 0.29) is 0 Å². The van der Waals surface area contributed by atoms with E-state index >= 15 is 0 Å². The van der Waals surface area contributed by atoms with Crippen LogP contribution < -0.4 is 0 Å². The minimum Gasteiger partial charge on any atom is -0.361 e. The third kappa shape index (κ3) is 3.00. The molecule has 0 saturated heterocycles. The molecular weight excluding hydrogens is 288 g/mol. The van der Waals surface area contributed by atoms with Crippen LogP contribution in [0.1, 0.15) is 22.7 Å². The Labute approximate surface area is 135 Å². The average Bonchev–Trinajstić information content (AvgIpc) is 3.00. The smallest absolute Gasteiger partial charge is 0.159 e. The third-order valence-electron chi connectivity index (χ3n) is 4.12. The van der Waals surface area contributed by atoms with Crippen LogP contribution in [0.4, 0.5) is 0 Å². The number of benzene rings is 1. The summed E-state index contributed by atoms with van der Waals surface area (Å²) in [7, 11) is 0. The lowest BCUT2D eigenvalue weighted by Crippen LogP contribution is -2.31. The van der Waals surface area contributed by atoms with Crippen molar-refractivity contribution >= 4 is 0 Å². The van der Waals surface area contributed by atoms with Crippen LogP contribution in [0.3, 0.4) is 0 Å². The van der Waals surface area contributed by atoms with Crippen LogP contribution in [0.5, 0.6) is 0 Å². The standard InChI is InChI=1S/C18H18N4O/c1-13-9-16(21-23-13)11-22-8-7-15-10-19-18(20-17(15)12-22)14-5-3-2-4-6-14/h2-6,9-10H,7-8,11-12H2,1H3. The number of nitrogens with zero attached hydrogens (tertiary/aromatic N) is 4. The monoisotopic (exact) mass is 306 g/mol. The van der Waals surface area contributed by atoms with Gasteiger partial charge in [0.25, 0.3) is 0 Å². The second-order valence-corrected chi connectivity index (χ2v) is 5.92. The van der Waals surface area contributed by atoms with Crippen molar-refractivity contribution in [3.63, 3.8) is 0 Å². The topological polar surface area (TPSA) is 55.1 Å². The molecule has 5 nitrogen and oxygen atoms in total. The summed E-state index contributed by atoms with van der Waals surface area (Å²) in [5, 5.41) is 4.08. The molecule has 2 aromatic heterocycles. The zero-order chi connectivity index (χ0) is 15.6. The van der Waals surface area contributed by atoms with Gasteiger partial charge in [-0.25, -0.2) is 9.97 Å². The Morgan fingerprint density at radius 3 is 2.87 bits per heavy atom. The lowest BCUT2D eigenvalue weighted by molar-refractivity contribution is 0.233. The van der Waals surface area contributed by atoms with Crippen LogP contribution in [-0.2, 0) is 19.5 Å². The molecule has 5 heteroatoms. The highest BCUT2D eigenvalue weighted by atomic mass is 16.5. The summed E-state index contributed by atoms with van der Waals surface area (Å²) in [6, 6.07) is 12.1. The van der Waals surface area contributed by atoms with Gasteiger partial charge in [-0.15, -0.1) is 0 Å². The molecule has 23 heavy (non-hydrogen) atoms. The highest BCUT2D eigenvalue weighted by Gasteiger charge is 2.20. The number of rotatable bonds is 3. The summed E-state index contributed by atoms with van der Waals surface area (Å²) in [6.45, 7) is 4.53. The molecule has 0 spiro atoms. The molecule has 0 fully saturated rings.